The van der Waals surface area contributed by atoms with E-state index in [0.29, 0.717) is 30.5 Å². The highest BCUT2D eigenvalue weighted by molar-refractivity contribution is 5.97. The van der Waals surface area contributed by atoms with Crippen molar-refractivity contribution < 1.29 is 9.53 Å². The van der Waals surface area contributed by atoms with Crippen LogP contribution in [0.4, 0.5) is 17.3 Å². The number of carbonyl (C=O) groups excluding carboxylic acids is 1. The molecule has 3 rings (SSSR count). The lowest BCUT2D eigenvalue weighted by Gasteiger charge is -2.29. The number of ether oxygens (including phenoxy) is 1. The Morgan fingerprint density at radius 1 is 1.27 bits per heavy atom. The number of nitrogens with zero attached hydrogens (tertiary/aromatic N) is 3. The fraction of sp³-hybridized carbons (Fsp3) is 0.412. The summed E-state index contributed by atoms with van der Waals surface area (Å²) >= 11 is 0. The van der Waals surface area contributed by atoms with E-state index in [-0.39, 0.29) is 17.8 Å². The highest BCUT2D eigenvalue weighted by atomic mass is 16.5. The number of amides is 1. The number of rotatable bonds is 5. The minimum absolute atomic E-state index is 0.0186. The Bertz CT molecular complexity index is 812. The summed E-state index contributed by atoms with van der Waals surface area (Å²) in [5, 5.41) is 14.4. The summed E-state index contributed by atoms with van der Waals surface area (Å²) in [6.45, 7) is 5.02. The zero-order chi connectivity index (χ0) is 18.7. The maximum Gasteiger partial charge on any atom is 0.271 e. The van der Waals surface area contributed by atoms with E-state index in [0.717, 1.165) is 17.7 Å². The first-order chi connectivity index (χ1) is 12.4. The van der Waals surface area contributed by atoms with E-state index in [2.05, 4.69) is 25.8 Å². The minimum atomic E-state index is -0.668. The molecule has 0 bridgehead atoms. The lowest BCUT2D eigenvalue weighted by Crippen LogP contribution is -2.47. The molecule has 9 nitrogen and oxygen atoms in total. The number of anilines is 3. The standard InChI is InChI=1S/C17H23N7O2/c1-9-3-4-14(20-10(9)2)22-13-7-15(23-24-16(13)17(19)25)21-12-5-6-26-8-11(12)18/h3-4,7,11-12H,5-6,8,18H2,1-2H3,(H2,19,25)(H2,20,21,22,23)/t11-,12+/m0/s1. The SMILES string of the molecule is Cc1ccc(Nc2cc(N[C@@H]3CCOC[C@@H]3N)nnc2C(N)=O)nc1C. The number of hydrogen-bond acceptors (Lipinski definition) is 8. The van der Waals surface area contributed by atoms with Gasteiger partial charge >= 0.3 is 0 Å². The van der Waals surface area contributed by atoms with Crippen LogP contribution in [-0.2, 0) is 4.74 Å². The average molecular weight is 357 g/mol. The predicted molar refractivity (Wildman–Crippen MR) is 98.4 cm³/mol. The number of primary amides is 1. The van der Waals surface area contributed by atoms with Crippen molar-refractivity contribution >= 4 is 23.2 Å². The highest BCUT2D eigenvalue weighted by Crippen LogP contribution is 2.22. The quantitative estimate of drug-likeness (QED) is 0.617. The van der Waals surface area contributed by atoms with Gasteiger partial charge in [-0.3, -0.25) is 4.79 Å². The number of carbonyl (C=O) groups is 1. The van der Waals surface area contributed by atoms with Gasteiger partial charge in [0.2, 0.25) is 0 Å². The normalized spacial score (nSPS) is 19.8. The van der Waals surface area contributed by atoms with E-state index in [1.807, 2.05) is 26.0 Å². The van der Waals surface area contributed by atoms with E-state index >= 15 is 0 Å². The van der Waals surface area contributed by atoms with Crippen LogP contribution >= 0.6 is 0 Å². The second kappa shape index (κ2) is 7.63. The zero-order valence-corrected chi connectivity index (χ0v) is 14.8. The molecule has 0 saturated carbocycles. The van der Waals surface area contributed by atoms with E-state index in [4.69, 9.17) is 16.2 Å². The van der Waals surface area contributed by atoms with Crippen molar-refractivity contribution in [1.29, 1.82) is 0 Å². The van der Waals surface area contributed by atoms with Crippen molar-refractivity contribution in [2.45, 2.75) is 32.4 Å². The molecule has 0 aromatic carbocycles. The Labute approximate surface area is 151 Å². The molecule has 1 aliphatic heterocycles. The smallest absolute Gasteiger partial charge is 0.271 e. The molecule has 0 radical (unpaired) electrons. The topological polar surface area (TPSA) is 141 Å². The summed E-state index contributed by atoms with van der Waals surface area (Å²) in [7, 11) is 0. The number of pyridine rings is 1. The molecule has 0 spiro atoms. The third-order valence-electron chi connectivity index (χ3n) is 4.37. The maximum atomic E-state index is 11.7. The van der Waals surface area contributed by atoms with Crippen LogP contribution in [0, 0.1) is 13.8 Å². The fourth-order valence-electron chi connectivity index (χ4n) is 2.71. The van der Waals surface area contributed by atoms with Crippen LogP contribution in [0.2, 0.25) is 0 Å². The number of aryl methyl sites for hydroxylation is 2. The lowest BCUT2D eigenvalue weighted by atomic mass is 10.0. The summed E-state index contributed by atoms with van der Waals surface area (Å²) in [5.74, 6) is 0.430. The molecule has 1 amide bonds. The summed E-state index contributed by atoms with van der Waals surface area (Å²) in [5.41, 5.74) is 13.9. The molecule has 1 aliphatic rings. The van der Waals surface area contributed by atoms with E-state index < -0.39 is 5.91 Å². The van der Waals surface area contributed by atoms with Crippen molar-refractivity contribution in [3.63, 3.8) is 0 Å². The second-order valence-electron chi connectivity index (χ2n) is 6.36. The Hall–Kier alpha value is -2.78. The van der Waals surface area contributed by atoms with Gasteiger partial charge in [-0.2, -0.15) is 0 Å². The second-order valence-corrected chi connectivity index (χ2v) is 6.36. The van der Waals surface area contributed by atoms with Gasteiger partial charge in [0.1, 0.15) is 5.82 Å². The molecule has 1 saturated heterocycles. The van der Waals surface area contributed by atoms with E-state index in [1.54, 1.807) is 6.07 Å². The summed E-state index contributed by atoms with van der Waals surface area (Å²) in [4.78, 5) is 16.1. The third-order valence-corrected chi connectivity index (χ3v) is 4.37. The number of nitrogens with two attached hydrogens (primary N) is 2. The molecular formula is C17H23N7O2. The Balaban J connectivity index is 1.86. The Morgan fingerprint density at radius 3 is 2.77 bits per heavy atom. The fourth-order valence-corrected chi connectivity index (χ4v) is 2.71. The van der Waals surface area contributed by atoms with Crippen LogP contribution < -0.4 is 22.1 Å². The molecule has 2 aromatic rings. The third kappa shape index (κ3) is 4.06. The van der Waals surface area contributed by atoms with Crippen LogP contribution in [-0.4, -0.2) is 46.4 Å². The average Bonchev–Trinajstić information content (AvgIpc) is 2.60. The summed E-state index contributed by atoms with van der Waals surface area (Å²) < 4.78 is 5.34. The van der Waals surface area contributed by atoms with Crippen molar-refractivity contribution in [2.24, 2.45) is 11.5 Å². The molecule has 26 heavy (non-hydrogen) atoms. The van der Waals surface area contributed by atoms with Crippen LogP contribution in [0.5, 0.6) is 0 Å². The van der Waals surface area contributed by atoms with Crippen molar-refractivity contribution in [3.05, 3.63) is 35.2 Å². The largest absolute Gasteiger partial charge is 0.380 e. The first-order valence-electron chi connectivity index (χ1n) is 8.42. The Kier molecular flexibility index (Phi) is 5.29. The molecular weight excluding hydrogens is 334 g/mol. The Morgan fingerprint density at radius 2 is 2.08 bits per heavy atom. The molecule has 6 N–H and O–H groups in total. The maximum absolute atomic E-state index is 11.7. The predicted octanol–water partition coefficient (Wildman–Crippen LogP) is 0.859. The van der Waals surface area contributed by atoms with E-state index in [1.165, 1.54) is 0 Å². The minimum Gasteiger partial charge on any atom is -0.380 e. The van der Waals surface area contributed by atoms with Crippen LogP contribution in [0.3, 0.4) is 0 Å². The van der Waals surface area contributed by atoms with Gasteiger partial charge in [0.25, 0.3) is 5.91 Å². The van der Waals surface area contributed by atoms with Crippen LogP contribution in [0.15, 0.2) is 18.2 Å². The molecule has 2 atom stereocenters. The van der Waals surface area contributed by atoms with Crippen molar-refractivity contribution in [3.8, 4) is 0 Å². The van der Waals surface area contributed by atoms with Gasteiger partial charge in [-0.15, -0.1) is 10.2 Å². The van der Waals surface area contributed by atoms with Crippen molar-refractivity contribution in [1.82, 2.24) is 15.2 Å². The molecule has 3 heterocycles. The molecule has 1 fully saturated rings. The first kappa shape index (κ1) is 18.0. The molecule has 9 heteroatoms. The summed E-state index contributed by atoms with van der Waals surface area (Å²) in [6, 6.07) is 5.34. The van der Waals surface area contributed by atoms with Gasteiger partial charge in [0.15, 0.2) is 11.5 Å². The monoisotopic (exact) mass is 357 g/mol. The number of nitrogens with one attached hydrogen (secondary N) is 2. The zero-order valence-electron chi connectivity index (χ0n) is 14.8. The van der Waals surface area contributed by atoms with Gasteiger partial charge < -0.3 is 26.8 Å². The number of hydrogen-bond donors (Lipinski definition) is 4. The van der Waals surface area contributed by atoms with E-state index in [9.17, 15) is 4.79 Å². The molecule has 0 unspecified atom stereocenters. The first-order valence-corrected chi connectivity index (χ1v) is 8.42. The van der Waals surface area contributed by atoms with Gasteiger partial charge in [0, 0.05) is 30.5 Å². The van der Waals surface area contributed by atoms with Gasteiger partial charge in [0.05, 0.1) is 12.3 Å². The van der Waals surface area contributed by atoms with Gasteiger partial charge in [-0.05, 0) is 31.9 Å². The summed E-state index contributed by atoms with van der Waals surface area (Å²) in [6.07, 6.45) is 0.766. The van der Waals surface area contributed by atoms with Crippen LogP contribution in [0.25, 0.3) is 0 Å². The lowest BCUT2D eigenvalue weighted by molar-refractivity contribution is 0.0751. The highest BCUT2D eigenvalue weighted by Gasteiger charge is 2.23. The van der Waals surface area contributed by atoms with Gasteiger partial charge in [-0.1, -0.05) is 6.07 Å². The molecule has 138 valence electrons. The molecule has 0 aliphatic carbocycles. The van der Waals surface area contributed by atoms with Crippen LogP contribution in [0.1, 0.15) is 28.2 Å². The van der Waals surface area contributed by atoms with Crippen molar-refractivity contribution in [2.75, 3.05) is 23.8 Å². The molecule has 2 aromatic heterocycles. The van der Waals surface area contributed by atoms with Gasteiger partial charge in [-0.25, -0.2) is 4.98 Å². The number of aromatic nitrogens is 3.